The molecule has 3 heteroatoms. The lowest BCUT2D eigenvalue weighted by Crippen LogP contribution is -2.49. The zero-order valence-corrected chi connectivity index (χ0v) is 13.5. The Bertz CT molecular complexity index is 590. The molecule has 5 atom stereocenters. The highest BCUT2D eigenvalue weighted by Gasteiger charge is 2.75. The van der Waals surface area contributed by atoms with Crippen molar-refractivity contribution in [1.82, 2.24) is 0 Å². The van der Waals surface area contributed by atoms with Crippen molar-refractivity contribution in [3.63, 3.8) is 0 Å². The van der Waals surface area contributed by atoms with E-state index in [0.29, 0.717) is 24.4 Å². The Morgan fingerprint density at radius 1 is 1.33 bits per heavy atom. The Labute approximate surface area is 130 Å². The molecule has 2 nitrogen and oxygen atoms in total. The molecule has 0 saturated heterocycles. The Balaban J connectivity index is 1.87. The minimum absolute atomic E-state index is 0.00276. The van der Waals surface area contributed by atoms with Crippen LogP contribution in [0.25, 0.3) is 0 Å². The summed E-state index contributed by atoms with van der Waals surface area (Å²) in [4.78, 5) is 25.3. The fourth-order valence-corrected chi connectivity index (χ4v) is 7.12. The second-order valence-electron chi connectivity index (χ2n) is 7.13. The van der Waals surface area contributed by atoms with Crippen molar-refractivity contribution in [2.45, 2.75) is 50.7 Å². The molecule has 0 aromatic carbocycles. The van der Waals surface area contributed by atoms with Crippen LogP contribution in [-0.4, -0.2) is 16.3 Å². The van der Waals surface area contributed by atoms with E-state index in [-0.39, 0.29) is 27.9 Å². The second kappa shape index (κ2) is 4.34. The summed E-state index contributed by atoms with van der Waals surface area (Å²) in [6.45, 7) is 4.27. The number of thioether (sulfide) groups is 1. The minimum Gasteiger partial charge on any atom is -0.299 e. The van der Waals surface area contributed by atoms with E-state index in [1.54, 1.807) is 11.8 Å². The highest BCUT2D eigenvalue weighted by atomic mass is 32.2. The van der Waals surface area contributed by atoms with Gasteiger partial charge in [0.1, 0.15) is 5.78 Å². The summed E-state index contributed by atoms with van der Waals surface area (Å²) in [5.74, 6) is 1.27. The first kappa shape index (κ1) is 13.8. The molecule has 2 fully saturated rings. The van der Waals surface area contributed by atoms with E-state index in [9.17, 15) is 9.59 Å². The molecular formula is C18H22O2S. The van der Waals surface area contributed by atoms with Gasteiger partial charge in [-0.25, -0.2) is 0 Å². The lowest BCUT2D eigenvalue weighted by Gasteiger charge is -2.41. The molecule has 0 bridgehead atoms. The van der Waals surface area contributed by atoms with Gasteiger partial charge in [-0.2, -0.15) is 0 Å². The number of carbonyl (C=O) groups is 2. The summed E-state index contributed by atoms with van der Waals surface area (Å²) in [6, 6.07) is 0. The zero-order valence-electron chi connectivity index (χ0n) is 12.7. The van der Waals surface area contributed by atoms with Crippen LogP contribution in [0, 0.1) is 23.2 Å². The highest BCUT2D eigenvalue weighted by molar-refractivity contribution is 8.04. The number of unbranched alkanes of at least 4 members (excludes halogenated alkanes) is 1. The smallest absolute Gasteiger partial charge is 0.151 e. The van der Waals surface area contributed by atoms with Gasteiger partial charge in [-0.05, 0) is 24.2 Å². The van der Waals surface area contributed by atoms with Crippen LogP contribution < -0.4 is 0 Å². The molecule has 1 unspecified atom stereocenters. The first-order valence-electron chi connectivity index (χ1n) is 8.20. The Morgan fingerprint density at radius 3 is 2.90 bits per heavy atom. The number of allylic oxidation sites excluding steroid dienone is 3. The Hall–Kier alpha value is -0.830. The number of rotatable bonds is 3. The van der Waals surface area contributed by atoms with Crippen LogP contribution in [0.4, 0.5) is 0 Å². The predicted molar refractivity (Wildman–Crippen MR) is 84.9 cm³/mol. The number of Topliss-reactive ketones (excluding diaryl/α,β-unsaturated/α-hetero) is 2. The maximum absolute atomic E-state index is 12.9. The number of hydrogen-bond donors (Lipinski definition) is 0. The monoisotopic (exact) mass is 302 g/mol. The van der Waals surface area contributed by atoms with Gasteiger partial charge in [0, 0.05) is 30.1 Å². The normalized spacial score (nSPS) is 46.8. The molecule has 0 N–H and O–H groups in total. The largest absolute Gasteiger partial charge is 0.299 e. The molecule has 2 spiro atoms. The Kier molecular flexibility index (Phi) is 2.86. The highest BCUT2D eigenvalue weighted by Crippen LogP contribution is 2.73. The van der Waals surface area contributed by atoms with Crippen molar-refractivity contribution in [3.8, 4) is 0 Å². The Morgan fingerprint density at radius 2 is 2.14 bits per heavy atom. The van der Waals surface area contributed by atoms with Gasteiger partial charge in [0.2, 0.25) is 0 Å². The van der Waals surface area contributed by atoms with E-state index in [1.807, 2.05) is 0 Å². The number of hydrogen-bond acceptors (Lipinski definition) is 3. The fourth-order valence-electron chi connectivity index (χ4n) is 5.48. The van der Waals surface area contributed by atoms with Crippen LogP contribution in [0.2, 0.25) is 0 Å². The third kappa shape index (κ3) is 1.37. The van der Waals surface area contributed by atoms with Gasteiger partial charge in [-0.3, -0.25) is 9.59 Å². The molecule has 0 radical (unpaired) electrons. The number of ketones is 2. The maximum atomic E-state index is 12.9. The van der Waals surface area contributed by atoms with E-state index in [4.69, 9.17) is 0 Å². The molecule has 2 saturated carbocycles. The SMILES string of the molecule is CCCCC1=C[C@]23C(C)C(=O)C[C@H]2CC(=O)[C@@]32SC=C[C@@H]12. The average Bonchev–Trinajstić information content (AvgIpc) is 3.11. The van der Waals surface area contributed by atoms with Crippen LogP contribution in [0.5, 0.6) is 0 Å². The van der Waals surface area contributed by atoms with Crippen LogP contribution in [0.15, 0.2) is 23.1 Å². The summed E-state index contributed by atoms with van der Waals surface area (Å²) < 4.78 is -0.369. The summed E-state index contributed by atoms with van der Waals surface area (Å²) in [6.07, 6.45) is 9.28. The van der Waals surface area contributed by atoms with Gasteiger partial charge in [0.15, 0.2) is 5.78 Å². The van der Waals surface area contributed by atoms with E-state index in [1.165, 1.54) is 18.4 Å². The minimum atomic E-state index is -0.369. The quantitative estimate of drug-likeness (QED) is 0.741. The topological polar surface area (TPSA) is 34.1 Å². The van der Waals surface area contributed by atoms with Gasteiger partial charge >= 0.3 is 0 Å². The van der Waals surface area contributed by atoms with Crippen LogP contribution in [-0.2, 0) is 9.59 Å². The zero-order chi connectivity index (χ0) is 14.8. The van der Waals surface area contributed by atoms with Crippen molar-refractivity contribution in [1.29, 1.82) is 0 Å². The molecule has 0 aromatic rings. The molecule has 0 aromatic heterocycles. The van der Waals surface area contributed by atoms with E-state index in [0.717, 1.165) is 6.42 Å². The number of carbonyl (C=O) groups excluding carboxylic acids is 2. The molecule has 3 aliphatic carbocycles. The van der Waals surface area contributed by atoms with Crippen molar-refractivity contribution < 1.29 is 9.59 Å². The van der Waals surface area contributed by atoms with Crippen molar-refractivity contribution in [3.05, 3.63) is 23.1 Å². The van der Waals surface area contributed by atoms with Gasteiger partial charge in [0.05, 0.1) is 4.75 Å². The molecule has 4 rings (SSSR count). The van der Waals surface area contributed by atoms with Gasteiger partial charge in [-0.1, -0.05) is 38.0 Å². The van der Waals surface area contributed by atoms with E-state index < -0.39 is 0 Å². The van der Waals surface area contributed by atoms with Crippen LogP contribution in [0.1, 0.15) is 46.0 Å². The molecule has 1 aliphatic heterocycles. The second-order valence-corrected chi connectivity index (χ2v) is 8.28. The predicted octanol–water partition coefficient (Wildman–Crippen LogP) is 3.92. The van der Waals surface area contributed by atoms with Gasteiger partial charge in [-0.15, -0.1) is 11.8 Å². The maximum Gasteiger partial charge on any atom is 0.151 e. The van der Waals surface area contributed by atoms with E-state index >= 15 is 0 Å². The van der Waals surface area contributed by atoms with Crippen molar-refractivity contribution in [2.24, 2.45) is 23.2 Å². The van der Waals surface area contributed by atoms with Crippen LogP contribution in [0.3, 0.4) is 0 Å². The molecule has 0 amide bonds. The summed E-state index contributed by atoms with van der Waals surface area (Å²) in [5, 5.41) is 2.13. The molecule has 112 valence electrons. The lowest BCUT2D eigenvalue weighted by atomic mass is 9.68. The lowest BCUT2D eigenvalue weighted by molar-refractivity contribution is -0.124. The summed E-state index contributed by atoms with van der Waals surface area (Å²) in [7, 11) is 0. The first-order valence-corrected chi connectivity index (χ1v) is 9.08. The fraction of sp³-hybridized carbons (Fsp3) is 0.667. The first-order chi connectivity index (χ1) is 10.1. The molecule has 21 heavy (non-hydrogen) atoms. The standard InChI is InChI=1S/C18H22O2S/c1-3-4-5-12-10-17-11(2)15(19)8-13(17)9-16(20)18(17)14(12)6-7-21-18/h6-7,10-11,13-14H,3-5,8-9H2,1-2H3/t11?,13-,14-,17-,18+/m0/s1. The molecule has 4 aliphatic rings. The van der Waals surface area contributed by atoms with Crippen molar-refractivity contribution in [2.75, 3.05) is 0 Å². The van der Waals surface area contributed by atoms with Gasteiger partial charge < -0.3 is 0 Å². The third-order valence-electron chi connectivity index (χ3n) is 6.42. The molecular weight excluding hydrogens is 280 g/mol. The molecule has 1 heterocycles. The third-order valence-corrected chi connectivity index (χ3v) is 7.92. The van der Waals surface area contributed by atoms with Gasteiger partial charge in [0.25, 0.3) is 0 Å². The van der Waals surface area contributed by atoms with Crippen LogP contribution >= 0.6 is 11.8 Å². The summed E-state index contributed by atoms with van der Waals surface area (Å²) >= 11 is 1.71. The summed E-state index contributed by atoms with van der Waals surface area (Å²) in [5.41, 5.74) is 1.24. The van der Waals surface area contributed by atoms with E-state index in [2.05, 4.69) is 31.4 Å². The van der Waals surface area contributed by atoms with Crippen molar-refractivity contribution >= 4 is 23.3 Å². The average molecular weight is 302 g/mol.